The molecule has 0 amide bonds. The van der Waals surface area contributed by atoms with Crippen LogP contribution >= 0.6 is 0 Å². The highest BCUT2D eigenvalue weighted by Gasteiger charge is 2.42. The molecule has 1 aliphatic carbocycles. The summed E-state index contributed by atoms with van der Waals surface area (Å²) >= 11 is 0. The van der Waals surface area contributed by atoms with Crippen LogP contribution in [0.4, 0.5) is 0 Å². The Hall–Kier alpha value is -1.33. The lowest BCUT2D eigenvalue weighted by molar-refractivity contribution is 0.0807. The van der Waals surface area contributed by atoms with Gasteiger partial charge in [0.1, 0.15) is 0 Å². The Bertz CT molecular complexity index is 374. The van der Waals surface area contributed by atoms with Crippen molar-refractivity contribution in [1.82, 2.24) is 0 Å². The van der Waals surface area contributed by atoms with Crippen LogP contribution in [0.25, 0.3) is 0 Å². The molecule has 72 valence electrons. The number of nitrogens with zero attached hydrogens (tertiary/aromatic N) is 1. The summed E-state index contributed by atoms with van der Waals surface area (Å²) in [6, 6.07) is 9.91. The summed E-state index contributed by atoms with van der Waals surface area (Å²) in [7, 11) is 1.77. The zero-order valence-electron chi connectivity index (χ0n) is 8.29. The predicted octanol–water partition coefficient (Wildman–Crippen LogP) is 2.28. The predicted molar refractivity (Wildman–Crippen MR) is 53.8 cm³/mol. The number of benzene rings is 1. The van der Waals surface area contributed by atoms with Crippen LogP contribution < -0.4 is 0 Å². The average Bonchev–Trinajstić information content (AvgIpc) is 2.99. The molecule has 0 bridgehead atoms. The van der Waals surface area contributed by atoms with Crippen molar-refractivity contribution in [2.24, 2.45) is 0 Å². The number of ether oxygens (including phenoxy) is 1. The summed E-state index contributed by atoms with van der Waals surface area (Å²) in [6.45, 7) is 0. The summed E-state index contributed by atoms with van der Waals surface area (Å²) in [5.74, 6) is 0. The van der Waals surface area contributed by atoms with E-state index >= 15 is 0 Å². The number of rotatable bonds is 3. The molecule has 14 heavy (non-hydrogen) atoms. The first-order valence-corrected chi connectivity index (χ1v) is 4.82. The molecule has 0 heterocycles. The molecule has 0 saturated heterocycles. The zero-order chi connectivity index (χ0) is 10.0. The molecule has 0 spiro atoms. The Kier molecular flexibility index (Phi) is 2.26. The molecule has 0 aliphatic heterocycles. The van der Waals surface area contributed by atoms with E-state index in [1.165, 1.54) is 5.56 Å². The van der Waals surface area contributed by atoms with Crippen LogP contribution in [0.2, 0.25) is 0 Å². The van der Waals surface area contributed by atoms with E-state index in [0.29, 0.717) is 0 Å². The minimum atomic E-state index is 0.0775. The van der Waals surface area contributed by atoms with Crippen molar-refractivity contribution in [2.45, 2.75) is 24.9 Å². The normalized spacial score (nSPS) is 17.4. The molecule has 0 atom stereocenters. The first kappa shape index (κ1) is 9.23. The molecule has 0 unspecified atom stereocenters. The molecule has 1 fully saturated rings. The second-order valence-electron chi connectivity index (χ2n) is 3.88. The third kappa shape index (κ3) is 1.78. The van der Waals surface area contributed by atoms with Gasteiger partial charge >= 0.3 is 0 Å². The van der Waals surface area contributed by atoms with Gasteiger partial charge in [0.05, 0.1) is 17.2 Å². The van der Waals surface area contributed by atoms with Crippen molar-refractivity contribution in [3.8, 4) is 6.07 Å². The largest absolute Gasteiger partial charge is 0.378 e. The van der Waals surface area contributed by atoms with Gasteiger partial charge in [-0.1, -0.05) is 12.1 Å². The standard InChI is InChI=1S/C12H13NO/c1-14-12(5-6-12)8-10-3-2-4-11(7-10)9-13/h2-4,7H,5-6,8H2,1H3. The summed E-state index contributed by atoms with van der Waals surface area (Å²) in [4.78, 5) is 0. The maximum Gasteiger partial charge on any atom is 0.0991 e. The number of hydrogen-bond donors (Lipinski definition) is 0. The highest BCUT2D eigenvalue weighted by molar-refractivity contribution is 5.33. The second kappa shape index (κ2) is 3.43. The molecule has 1 aromatic carbocycles. The molecule has 1 aliphatic rings. The molecular formula is C12H13NO. The van der Waals surface area contributed by atoms with Crippen LogP contribution in [-0.4, -0.2) is 12.7 Å². The van der Waals surface area contributed by atoms with E-state index in [9.17, 15) is 0 Å². The summed E-state index contributed by atoms with van der Waals surface area (Å²) < 4.78 is 5.44. The maximum absolute atomic E-state index is 8.75. The Morgan fingerprint density at radius 3 is 2.86 bits per heavy atom. The topological polar surface area (TPSA) is 33.0 Å². The smallest absolute Gasteiger partial charge is 0.0991 e. The molecule has 2 rings (SSSR count). The fourth-order valence-electron chi connectivity index (χ4n) is 1.72. The molecular weight excluding hydrogens is 174 g/mol. The highest BCUT2D eigenvalue weighted by Crippen LogP contribution is 2.41. The SMILES string of the molecule is COC1(Cc2cccc(C#N)c2)CC1. The van der Waals surface area contributed by atoms with Gasteiger partial charge in [0.2, 0.25) is 0 Å². The highest BCUT2D eigenvalue weighted by atomic mass is 16.5. The fourth-order valence-corrected chi connectivity index (χ4v) is 1.72. The van der Waals surface area contributed by atoms with Gasteiger partial charge in [0.25, 0.3) is 0 Å². The Morgan fingerprint density at radius 1 is 1.50 bits per heavy atom. The monoisotopic (exact) mass is 187 g/mol. The van der Waals surface area contributed by atoms with E-state index in [-0.39, 0.29) is 5.60 Å². The van der Waals surface area contributed by atoms with E-state index in [2.05, 4.69) is 12.1 Å². The van der Waals surface area contributed by atoms with Crippen LogP contribution in [0.3, 0.4) is 0 Å². The van der Waals surface area contributed by atoms with Crippen molar-refractivity contribution in [3.63, 3.8) is 0 Å². The van der Waals surface area contributed by atoms with Crippen LogP contribution in [0.1, 0.15) is 24.0 Å². The Morgan fingerprint density at radius 2 is 2.29 bits per heavy atom. The molecule has 0 aromatic heterocycles. The molecule has 1 aromatic rings. The number of methoxy groups -OCH3 is 1. The lowest BCUT2D eigenvalue weighted by Crippen LogP contribution is -2.14. The van der Waals surface area contributed by atoms with E-state index in [1.54, 1.807) is 7.11 Å². The van der Waals surface area contributed by atoms with E-state index in [0.717, 1.165) is 24.8 Å². The Balaban J connectivity index is 2.14. The molecule has 2 heteroatoms. The van der Waals surface area contributed by atoms with Gasteiger partial charge < -0.3 is 4.74 Å². The van der Waals surface area contributed by atoms with E-state index in [4.69, 9.17) is 10.00 Å². The summed E-state index contributed by atoms with van der Waals surface area (Å²) in [5.41, 5.74) is 2.01. The molecule has 1 saturated carbocycles. The van der Waals surface area contributed by atoms with Crippen molar-refractivity contribution >= 4 is 0 Å². The number of hydrogen-bond acceptors (Lipinski definition) is 2. The maximum atomic E-state index is 8.75. The minimum Gasteiger partial charge on any atom is -0.378 e. The van der Waals surface area contributed by atoms with Crippen LogP contribution in [0, 0.1) is 11.3 Å². The fraction of sp³-hybridized carbons (Fsp3) is 0.417. The minimum absolute atomic E-state index is 0.0775. The summed E-state index contributed by atoms with van der Waals surface area (Å²) in [6.07, 6.45) is 3.21. The third-order valence-electron chi connectivity index (χ3n) is 2.82. The van der Waals surface area contributed by atoms with Gasteiger partial charge in [-0.2, -0.15) is 5.26 Å². The second-order valence-corrected chi connectivity index (χ2v) is 3.88. The molecule has 0 N–H and O–H groups in total. The lowest BCUT2D eigenvalue weighted by atomic mass is 10.0. The van der Waals surface area contributed by atoms with Crippen molar-refractivity contribution in [3.05, 3.63) is 35.4 Å². The van der Waals surface area contributed by atoms with Crippen LogP contribution in [0.15, 0.2) is 24.3 Å². The third-order valence-corrected chi connectivity index (χ3v) is 2.82. The van der Waals surface area contributed by atoms with E-state index < -0.39 is 0 Å². The average molecular weight is 187 g/mol. The van der Waals surface area contributed by atoms with Gasteiger partial charge in [-0.3, -0.25) is 0 Å². The van der Waals surface area contributed by atoms with E-state index in [1.807, 2.05) is 18.2 Å². The zero-order valence-corrected chi connectivity index (χ0v) is 8.29. The van der Waals surface area contributed by atoms with Gasteiger partial charge in [-0.15, -0.1) is 0 Å². The van der Waals surface area contributed by atoms with Crippen molar-refractivity contribution in [1.29, 1.82) is 5.26 Å². The van der Waals surface area contributed by atoms with Crippen molar-refractivity contribution in [2.75, 3.05) is 7.11 Å². The van der Waals surface area contributed by atoms with Crippen LogP contribution in [0.5, 0.6) is 0 Å². The van der Waals surface area contributed by atoms with Crippen molar-refractivity contribution < 1.29 is 4.74 Å². The van der Waals surface area contributed by atoms with Gasteiger partial charge in [-0.25, -0.2) is 0 Å². The molecule has 2 nitrogen and oxygen atoms in total. The Labute approximate surface area is 84.1 Å². The van der Waals surface area contributed by atoms with Gasteiger partial charge in [-0.05, 0) is 30.5 Å². The van der Waals surface area contributed by atoms with Gasteiger partial charge in [0, 0.05) is 13.5 Å². The number of nitriles is 1. The van der Waals surface area contributed by atoms with Gasteiger partial charge in [0.15, 0.2) is 0 Å². The first-order valence-electron chi connectivity index (χ1n) is 4.82. The quantitative estimate of drug-likeness (QED) is 0.727. The first-order chi connectivity index (χ1) is 6.78. The van der Waals surface area contributed by atoms with Crippen LogP contribution in [-0.2, 0) is 11.2 Å². The molecule has 0 radical (unpaired) electrons. The lowest BCUT2D eigenvalue weighted by Gasteiger charge is -2.12. The summed E-state index contributed by atoms with van der Waals surface area (Å²) in [5, 5.41) is 8.75.